The molecule has 0 fully saturated rings. The molecule has 0 aliphatic carbocycles. The van der Waals surface area contributed by atoms with Crippen LogP contribution in [0.5, 0.6) is 0 Å². The van der Waals surface area contributed by atoms with Crippen LogP contribution in [0.1, 0.15) is 45.3 Å². The molecule has 0 unspecified atom stereocenters. The number of amides is 2. The SMILES string of the molecule is Cc1ccc([C@@H]2CC(c3ccc(Br)cc3)=NN2C(=O)CSc2nnc(CNC(=O)c3ccccc3F)n2C)cc1. The minimum absolute atomic E-state index is 0.0401. The molecule has 0 radical (unpaired) electrons. The average molecular weight is 622 g/mol. The highest BCUT2D eigenvalue weighted by Gasteiger charge is 2.33. The van der Waals surface area contributed by atoms with Crippen LogP contribution in [0, 0.1) is 12.7 Å². The van der Waals surface area contributed by atoms with Crippen LogP contribution in [0.15, 0.2) is 87.5 Å². The maximum atomic E-state index is 13.9. The molecular formula is C29H26BrFN6O2S. The lowest BCUT2D eigenvalue weighted by Gasteiger charge is -2.22. The number of carbonyl (C=O) groups excluding carboxylic acids is 2. The van der Waals surface area contributed by atoms with Gasteiger partial charge in [0.05, 0.1) is 29.6 Å². The standard InChI is InChI=1S/C29H26BrFN6O2S/c1-18-7-9-20(10-8-18)25-15-24(19-11-13-21(30)14-12-19)35-37(25)27(38)17-40-29-34-33-26(36(29)2)16-32-28(39)22-5-3-4-6-23(22)31/h3-14,25H,15-17H2,1-2H3,(H,32,39)/t25-/m0/s1. The van der Waals surface area contributed by atoms with Crippen molar-refractivity contribution in [1.29, 1.82) is 0 Å². The van der Waals surface area contributed by atoms with Crippen LogP contribution in [0.4, 0.5) is 4.39 Å². The van der Waals surface area contributed by atoms with Crippen LogP contribution < -0.4 is 5.32 Å². The third-order valence-electron chi connectivity index (χ3n) is 6.58. The van der Waals surface area contributed by atoms with Crippen molar-refractivity contribution in [1.82, 2.24) is 25.1 Å². The minimum Gasteiger partial charge on any atom is -0.345 e. The molecule has 1 N–H and O–H groups in total. The summed E-state index contributed by atoms with van der Waals surface area (Å²) in [6.45, 7) is 2.09. The van der Waals surface area contributed by atoms with E-state index >= 15 is 0 Å². The predicted molar refractivity (Wildman–Crippen MR) is 155 cm³/mol. The number of aromatic nitrogens is 3. The summed E-state index contributed by atoms with van der Waals surface area (Å²) in [7, 11) is 1.76. The van der Waals surface area contributed by atoms with Crippen molar-refractivity contribution in [3.05, 3.63) is 111 Å². The van der Waals surface area contributed by atoms with Crippen molar-refractivity contribution in [2.24, 2.45) is 12.1 Å². The molecule has 1 aromatic heterocycles. The van der Waals surface area contributed by atoms with E-state index in [2.05, 4.69) is 31.4 Å². The highest BCUT2D eigenvalue weighted by atomic mass is 79.9. The molecule has 0 saturated carbocycles. The minimum atomic E-state index is -0.593. The number of rotatable bonds is 8. The first kappa shape index (κ1) is 27.7. The summed E-state index contributed by atoms with van der Waals surface area (Å²) in [6.07, 6.45) is 0.608. The molecule has 11 heteroatoms. The van der Waals surface area contributed by atoms with Crippen LogP contribution in [0.2, 0.25) is 0 Å². The van der Waals surface area contributed by atoms with Gasteiger partial charge in [-0.1, -0.05) is 81.8 Å². The summed E-state index contributed by atoms with van der Waals surface area (Å²) in [5, 5.41) is 17.8. The normalized spacial score (nSPS) is 14.8. The topological polar surface area (TPSA) is 92.5 Å². The molecule has 0 saturated heterocycles. The third-order valence-corrected chi connectivity index (χ3v) is 8.11. The lowest BCUT2D eigenvalue weighted by molar-refractivity contribution is -0.130. The molecule has 3 aromatic carbocycles. The van der Waals surface area contributed by atoms with E-state index in [1.165, 1.54) is 30.0 Å². The quantitative estimate of drug-likeness (QED) is 0.265. The van der Waals surface area contributed by atoms with E-state index in [0.29, 0.717) is 17.4 Å². The molecule has 40 heavy (non-hydrogen) atoms. The number of hydrazone groups is 1. The molecular weight excluding hydrogens is 595 g/mol. The van der Waals surface area contributed by atoms with Gasteiger partial charge < -0.3 is 9.88 Å². The lowest BCUT2D eigenvalue weighted by Crippen LogP contribution is -2.28. The number of aryl methyl sites for hydroxylation is 1. The fourth-order valence-corrected chi connectivity index (χ4v) is 5.37. The van der Waals surface area contributed by atoms with E-state index < -0.39 is 11.7 Å². The van der Waals surface area contributed by atoms with E-state index in [-0.39, 0.29) is 29.8 Å². The second kappa shape index (κ2) is 12.1. The van der Waals surface area contributed by atoms with E-state index in [4.69, 9.17) is 5.10 Å². The molecule has 5 rings (SSSR count). The highest BCUT2D eigenvalue weighted by molar-refractivity contribution is 9.10. The van der Waals surface area contributed by atoms with Gasteiger partial charge in [-0.15, -0.1) is 10.2 Å². The number of halogens is 2. The van der Waals surface area contributed by atoms with E-state index in [0.717, 1.165) is 26.9 Å². The first-order valence-corrected chi connectivity index (χ1v) is 14.3. The molecule has 2 amide bonds. The van der Waals surface area contributed by atoms with Crippen LogP contribution in [-0.2, 0) is 18.4 Å². The number of hydrogen-bond donors (Lipinski definition) is 1. The molecule has 4 aromatic rings. The fraction of sp³-hybridized carbons (Fsp3) is 0.207. The number of benzene rings is 3. The molecule has 1 aliphatic rings. The van der Waals surface area contributed by atoms with E-state index in [1.807, 2.05) is 55.5 Å². The average Bonchev–Trinajstić information content (AvgIpc) is 3.55. The van der Waals surface area contributed by atoms with Gasteiger partial charge in [0, 0.05) is 17.9 Å². The molecule has 8 nitrogen and oxygen atoms in total. The Labute approximate surface area is 243 Å². The Morgan fingerprint density at radius 2 is 1.77 bits per heavy atom. The van der Waals surface area contributed by atoms with Crippen LogP contribution in [0.25, 0.3) is 0 Å². The number of nitrogens with zero attached hydrogens (tertiary/aromatic N) is 5. The van der Waals surface area contributed by atoms with Crippen molar-refractivity contribution in [3.63, 3.8) is 0 Å². The second-order valence-corrected chi connectivity index (χ2v) is 11.2. The van der Waals surface area contributed by atoms with Crippen molar-refractivity contribution < 1.29 is 14.0 Å². The molecule has 0 bridgehead atoms. The zero-order valence-corrected chi connectivity index (χ0v) is 24.2. The second-order valence-electron chi connectivity index (χ2n) is 9.33. The summed E-state index contributed by atoms with van der Waals surface area (Å²) in [6, 6.07) is 21.6. The molecule has 204 valence electrons. The van der Waals surface area contributed by atoms with Gasteiger partial charge in [0.2, 0.25) is 0 Å². The van der Waals surface area contributed by atoms with Crippen molar-refractivity contribution in [2.45, 2.75) is 31.1 Å². The zero-order chi connectivity index (χ0) is 28.2. The van der Waals surface area contributed by atoms with Gasteiger partial charge in [-0.05, 0) is 42.3 Å². The maximum absolute atomic E-state index is 13.9. The number of carbonyl (C=O) groups is 2. The number of nitrogens with one attached hydrogen (secondary N) is 1. The van der Waals surface area contributed by atoms with Gasteiger partial charge in [-0.25, -0.2) is 9.40 Å². The Morgan fingerprint density at radius 3 is 2.50 bits per heavy atom. The van der Waals surface area contributed by atoms with Gasteiger partial charge in [0.15, 0.2) is 11.0 Å². The van der Waals surface area contributed by atoms with Crippen molar-refractivity contribution >= 4 is 45.2 Å². The Balaban J connectivity index is 1.27. The van der Waals surface area contributed by atoms with Gasteiger partial charge in [0.25, 0.3) is 11.8 Å². The van der Waals surface area contributed by atoms with E-state index in [1.54, 1.807) is 22.7 Å². The maximum Gasteiger partial charge on any atom is 0.254 e. The van der Waals surface area contributed by atoms with Gasteiger partial charge in [-0.3, -0.25) is 9.59 Å². The van der Waals surface area contributed by atoms with Crippen LogP contribution >= 0.6 is 27.7 Å². The first-order valence-electron chi connectivity index (χ1n) is 12.6. The molecule has 2 heterocycles. The predicted octanol–water partition coefficient (Wildman–Crippen LogP) is 5.43. The third kappa shape index (κ3) is 6.15. The summed E-state index contributed by atoms with van der Waals surface area (Å²) >= 11 is 4.71. The summed E-state index contributed by atoms with van der Waals surface area (Å²) in [5.74, 6) is -0.702. The first-order chi connectivity index (χ1) is 19.3. The summed E-state index contributed by atoms with van der Waals surface area (Å²) < 4.78 is 16.6. The fourth-order valence-electron chi connectivity index (χ4n) is 4.32. The molecule has 1 atom stereocenters. The van der Waals surface area contributed by atoms with Crippen LogP contribution in [0.3, 0.4) is 0 Å². The van der Waals surface area contributed by atoms with Crippen LogP contribution in [-0.4, -0.2) is 43.1 Å². The monoisotopic (exact) mass is 620 g/mol. The zero-order valence-electron chi connectivity index (χ0n) is 21.8. The molecule has 1 aliphatic heterocycles. The lowest BCUT2D eigenvalue weighted by atomic mass is 9.98. The van der Waals surface area contributed by atoms with Gasteiger partial charge >= 0.3 is 0 Å². The number of thioether (sulfide) groups is 1. The summed E-state index contributed by atoms with van der Waals surface area (Å²) in [5.41, 5.74) is 3.95. The Kier molecular flexibility index (Phi) is 8.41. The van der Waals surface area contributed by atoms with Crippen molar-refractivity contribution in [3.8, 4) is 0 Å². The van der Waals surface area contributed by atoms with Gasteiger partial charge in [-0.2, -0.15) is 5.10 Å². The summed E-state index contributed by atoms with van der Waals surface area (Å²) in [4.78, 5) is 25.8. The van der Waals surface area contributed by atoms with Gasteiger partial charge in [0.1, 0.15) is 5.82 Å². The van der Waals surface area contributed by atoms with Crippen molar-refractivity contribution in [2.75, 3.05) is 5.75 Å². The largest absolute Gasteiger partial charge is 0.345 e. The Bertz CT molecular complexity index is 1570. The Hall–Kier alpha value is -3.83. The van der Waals surface area contributed by atoms with E-state index in [9.17, 15) is 14.0 Å². The number of hydrogen-bond acceptors (Lipinski definition) is 6. The Morgan fingerprint density at radius 1 is 1.05 bits per heavy atom. The smallest absolute Gasteiger partial charge is 0.254 e. The highest BCUT2D eigenvalue weighted by Crippen LogP contribution is 2.34. The molecule has 0 spiro atoms.